The van der Waals surface area contributed by atoms with Gasteiger partial charge in [0.1, 0.15) is 17.5 Å². The molecule has 4 heterocycles. The second-order valence-electron chi connectivity index (χ2n) is 9.28. The lowest BCUT2D eigenvalue weighted by Gasteiger charge is -2.44. The standard InChI is InChI=1S/C24H25N7OS/c25-11-23-28-21(13-33-23)14-4-7-19(22(32)8-14)20-12-26-24(30-29-20)31(17-5-6-17)18-9-15-2-1-3-16(10-18)27-15/h4,7-8,12-13,15-18,27,32H,1-3,5-6,9-10H2/t15-,16?,18+/m0/s1. The Labute approximate surface area is 196 Å². The van der Waals surface area contributed by atoms with Crippen molar-refractivity contribution in [3.63, 3.8) is 0 Å². The van der Waals surface area contributed by atoms with Gasteiger partial charge in [-0.2, -0.15) is 5.26 Å². The van der Waals surface area contributed by atoms with Gasteiger partial charge < -0.3 is 15.3 Å². The highest BCUT2D eigenvalue weighted by Gasteiger charge is 2.41. The monoisotopic (exact) mass is 459 g/mol. The van der Waals surface area contributed by atoms with Crippen LogP contribution in [0.4, 0.5) is 5.95 Å². The van der Waals surface area contributed by atoms with Gasteiger partial charge in [0.15, 0.2) is 5.01 Å². The summed E-state index contributed by atoms with van der Waals surface area (Å²) in [6.45, 7) is 0. The maximum atomic E-state index is 10.6. The van der Waals surface area contributed by atoms with Gasteiger partial charge in [0.05, 0.1) is 11.9 Å². The van der Waals surface area contributed by atoms with Gasteiger partial charge in [0, 0.05) is 40.7 Å². The number of nitriles is 1. The van der Waals surface area contributed by atoms with Crippen LogP contribution >= 0.6 is 11.3 Å². The van der Waals surface area contributed by atoms with Crippen LogP contribution in [0.3, 0.4) is 0 Å². The maximum absolute atomic E-state index is 10.6. The summed E-state index contributed by atoms with van der Waals surface area (Å²) in [4.78, 5) is 11.4. The number of fused-ring (bicyclic) bond motifs is 2. The zero-order chi connectivity index (χ0) is 22.4. The van der Waals surface area contributed by atoms with E-state index in [1.54, 1.807) is 18.3 Å². The second kappa shape index (κ2) is 8.36. The predicted octanol–water partition coefficient (Wildman–Crippen LogP) is 3.88. The number of hydrogen-bond acceptors (Lipinski definition) is 9. The Kier molecular flexibility index (Phi) is 5.19. The maximum Gasteiger partial charge on any atom is 0.245 e. The molecule has 1 aromatic carbocycles. The fourth-order valence-electron chi connectivity index (χ4n) is 5.32. The number of benzene rings is 1. The van der Waals surface area contributed by atoms with Gasteiger partial charge in [0.25, 0.3) is 0 Å². The number of phenolic OH excluding ortho intramolecular Hbond substituents is 1. The van der Waals surface area contributed by atoms with Crippen molar-refractivity contribution in [2.24, 2.45) is 0 Å². The Morgan fingerprint density at radius 3 is 2.52 bits per heavy atom. The molecule has 1 unspecified atom stereocenters. The van der Waals surface area contributed by atoms with Gasteiger partial charge in [-0.3, -0.25) is 0 Å². The van der Waals surface area contributed by atoms with Gasteiger partial charge in [-0.25, -0.2) is 9.97 Å². The van der Waals surface area contributed by atoms with Crippen molar-refractivity contribution in [2.45, 2.75) is 69.1 Å². The van der Waals surface area contributed by atoms with E-state index in [-0.39, 0.29) is 5.75 Å². The van der Waals surface area contributed by atoms with Crippen molar-refractivity contribution < 1.29 is 5.11 Å². The second-order valence-corrected chi connectivity index (χ2v) is 10.1. The molecule has 0 spiro atoms. The number of piperidine rings is 2. The minimum Gasteiger partial charge on any atom is -0.507 e. The fraction of sp³-hybridized carbons (Fsp3) is 0.458. The molecule has 1 aliphatic carbocycles. The first kappa shape index (κ1) is 20.5. The van der Waals surface area contributed by atoms with Crippen LogP contribution in [0, 0.1) is 11.3 Å². The van der Waals surface area contributed by atoms with Crippen molar-refractivity contribution in [3.05, 3.63) is 34.8 Å². The zero-order valence-electron chi connectivity index (χ0n) is 18.2. The first-order chi connectivity index (χ1) is 16.2. The zero-order valence-corrected chi connectivity index (χ0v) is 19.0. The van der Waals surface area contributed by atoms with Crippen LogP contribution in [0.25, 0.3) is 22.5 Å². The Balaban J connectivity index is 1.24. The van der Waals surface area contributed by atoms with Gasteiger partial charge in [0.2, 0.25) is 5.95 Å². The van der Waals surface area contributed by atoms with Crippen LogP contribution in [0.15, 0.2) is 29.8 Å². The molecule has 8 nitrogen and oxygen atoms in total. The van der Waals surface area contributed by atoms with Crippen molar-refractivity contribution in [1.82, 2.24) is 25.5 Å². The SMILES string of the molecule is N#Cc1nc(-c2ccc(-c3cnc(N(C4CC4)[C@H]4CC5CCC[C@@H](C4)N5)nn3)c(O)c2)cs1. The van der Waals surface area contributed by atoms with Crippen LogP contribution in [-0.4, -0.2) is 49.4 Å². The van der Waals surface area contributed by atoms with E-state index >= 15 is 0 Å². The summed E-state index contributed by atoms with van der Waals surface area (Å²) in [5.74, 6) is 0.793. The molecule has 0 radical (unpaired) electrons. The minimum absolute atomic E-state index is 0.0908. The molecule has 168 valence electrons. The van der Waals surface area contributed by atoms with E-state index in [0.29, 0.717) is 52.1 Å². The number of aromatic hydroxyl groups is 1. The average molecular weight is 460 g/mol. The first-order valence-corrected chi connectivity index (χ1v) is 12.5. The largest absolute Gasteiger partial charge is 0.507 e. The molecule has 3 aliphatic rings. The molecule has 3 aromatic rings. The molecule has 2 aromatic heterocycles. The number of thiazole rings is 1. The molecule has 2 saturated heterocycles. The predicted molar refractivity (Wildman–Crippen MR) is 126 cm³/mol. The van der Waals surface area contributed by atoms with Crippen LogP contribution in [0.2, 0.25) is 0 Å². The third-order valence-electron chi connectivity index (χ3n) is 6.97. The third kappa shape index (κ3) is 4.05. The van der Waals surface area contributed by atoms with E-state index in [0.717, 1.165) is 18.4 Å². The Morgan fingerprint density at radius 1 is 1.06 bits per heavy atom. The van der Waals surface area contributed by atoms with E-state index in [1.807, 2.05) is 17.5 Å². The number of nitrogens with one attached hydrogen (secondary N) is 1. The topological polar surface area (TPSA) is 111 Å². The molecular weight excluding hydrogens is 434 g/mol. The highest BCUT2D eigenvalue weighted by Crippen LogP contribution is 2.38. The lowest BCUT2D eigenvalue weighted by molar-refractivity contribution is 0.215. The van der Waals surface area contributed by atoms with Gasteiger partial charge >= 0.3 is 0 Å². The summed E-state index contributed by atoms with van der Waals surface area (Å²) in [7, 11) is 0. The molecule has 33 heavy (non-hydrogen) atoms. The summed E-state index contributed by atoms with van der Waals surface area (Å²) in [5.41, 5.74) is 2.54. The van der Waals surface area contributed by atoms with E-state index < -0.39 is 0 Å². The normalized spacial score (nSPS) is 24.3. The van der Waals surface area contributed by atoms with Crippen molar-refractivity contribution >= 4 is 17.3 Å². The van der Waals surface area contributed by atoms with Gasteiger partial charge in [-0.1, -0.05) is 12.5 Å². The first-order valence-electron chi connectivity index (χ1n) is 11.6. The number of nitrogens with zero attached hydrogens (tertiary/aromatic N) is 6. The minimum atomic E-state index is 0.0908. The van der Waals surface area contributed by atoms with Crippen LogP contribution in [0.1, 0.15) is 50.0 Å². The molecule has 0 amide bonds. The van der Waals surface area contributed by atoms with Gasteiger partial charge in [-0.05, 0) is 50.7 Å². The molecule has 1 saturated carbocycles. The van der Waals surface area contributed by atoms with Crippen molar-refractivity contribution in [2.75, 3.05) is 4.90 Å². The van der Waals surface area contributed by atoms with E-state index in [9.17, 15) is 5.11 Å². The summed E-state index contributed by atoms with van der Waals surface area (Å²) < 4.78 is 0. The van der Waals surface area contributed by atoms with E-state index in [1.165, 1.54) is 43.4 Å². The number of rotatable bonds is 5. The van der Waals surface area contributed by atoms with Crippen LogP contribution < -0.4 is 10.2 Å². The summed E-state index contributed by atoms with van der Waals surface area (Å²) in [5, 5.41) is 34.6. The number of phenols is 1. The molecule has 2 N–H and O–H groups in total. The summed E-state index contributed by atoms with van der Waals surface area (Å²) >= 11 is 1.28. The van der Waals surface area contributed by atoms with Gasteiger partial charge in [-0.15, -0.1) is 21.5 Å². The lowest BCUT2D eigenvalue weighted by atomic mass is 9.83. The molecule has 2 bridgehead atoms. The summed E-state index contributed by atoms with van der Waals surface area (Å²) in [6, 6.07) is 9.54. The molecule has 3 atom stereocenters. The number of hydrogen-bond donors (Lipinski definition) is 2. The Morgan fingerprint density at radius 2 is 1.88 bits per heavy atom. The fourth-order valence-corrected chi connectivity index (χ4v) is 5.93. The lowest BCUT2D eigenvalue weighted by Crippen LogP contribution is -2.55. The molecule has 9 heteroatoms. The molecule has 6 rings (SSSR count). The quantitative estimate of drug-likeness (QED) is 0.591. The highest BCUT2D eigenvalue weighted by atomic mass is 32.1. The Bertz CT molecular complexity index is 1190. The molecule has 3 fully saturated rings. The molecule has 2 aliphatic heterocycles. The Hall–Kier alpha value is -3.09. The smallest absolute Gasteiger partial charge is 0.245 e. The summed E-state index contributed by atoms with van der Waals surface area (Å²) in [6.07, 6.45) is 10.2. The van der Waals surface area contributed by atoms with Crippen LogP contribution in [-0.2, 0) is 0 Å². The average Bonchev–Trinajstić information content (AvgIpc) is 3.54. The van der Waals surface area contributed by atoms with Crippen molar-refractivity contribution in [3.8, 4) is 34.3 Å². The van der Waals surface area contributed by atoms with E-state index in [4.69, 9.17) is 10.2 Å². The van der Waals surface area contributed by atoms with E-state index in [2.05, 4.69) is 25.4 Å². The molecular formula is C24H25N7OS. The number of aromatic nitrogens is 4. The third-order valence-corrected chi connectivity index (χ3v) is 7.72. The highest BCUT2D eigenvalue weighted by molar-refractivity contribution is 7.10. The van der Waals surface area contributed by atoms with Crippen molar-refractivity contribution in [1.29, 1.82) is 5.26 Å². The number of anilines is 1. The van der Waals surface area contributed by atoms with Crippen LogP contribution in [0.5, 0.6) is 5.75 Å².